The molecule has 1 aromatic heterocycles. The maximum absolute atomic E-state index is 5.31. The van der Waals surface area contributed by atoms with Crippen LogP contribution in [0.25, 0.3) is 0 Å². The van der Waals surface area contributed by atoms with Gasteiger partial charge in [-0.25, -0.2) is 0 Å². The Morgan fingerprint density at radius 1 is 1.54 bits per heavy atom. The summed E-state index contributed by atoms with van der Waals surface area (Å²) in [5.41, 5.74) is 0.998. The van der Waals surface area contributed by atoms with Gasteiger partial charge in [-0.2, -0.15) is 0 Å². The first-order chi connectivity index (χ1) is 6.33. The van der Waals surface area contributed by atoms with Crippen molar-refractivity contribution in [2.45, 2.75) is 44.2 Å². The molecule has 13 heavy (non-hydrogen) atoms. The van der Waals surface area contributed by atoms with Gasteiger partial charge in [0, 0.05) is 24.1 Å². The van der Waals surface area contributed by atoms with Crippen LogP contribution in [-0.4, -0.2) is 17.2 Å². The van der Waals surface area contributed by atoms with E-state index < -0.39 is 0 Å². The number of aryl methyl sites for hydroxylation is 1. The second kappa shape index (κ2) is 2.58. The first-order valence-corrected chi connectivity index (χ1v) is 5.02. The lowest BCUT2D eigenvalue weighted by atomic mass is 9.87. The first-order valence-electron chi connectivity index (χ1n) is 5.02. The minimum absolute atomic E-state index is 0.583. The largest absolute Gasteiger partial charge is 0.361 e. The standard InChI is InChI=1S/C10H14N2O/c1-6-4-10(13-12-6)8-5-7-2-3-9(8)11-7/h4,7-9,11H,2-3,5H2,1H3/t7?,8-,9?/m0/s1. The fraction of sp³-hybridized carbons (Fsp3) is 0.700. The predicted octanol–water partition coefficient (Wildman–Crippen LogP) is 1.59. The molecule has 1 N–H and O–H groups in total. The topological polar surface area (TPSA) is 38.1 Å². The van der Waals surface area contributed by atoms with Crippen molar-refractivity contribution < 1.29 is 4.52 Å². The molecule has 3 heterocycles. The Morgan fingerprint density at radius 3 is 3.00 bits per heavy atom. The molecule has 1 aromatic rings. The van der Waals surface area contributed by atoms with Crippen molar-refractivity contribution in [3.05, 3.63) is 17.5 Å². The Balaban J connectivity index is 1.87. The van der Waals surface area contributed by atoms with E-state index in [1.807, 2.05) is 6.92 Å². The van der Waals surface area contributed by atoms with Crippen LogP contribution in [-0.2, 0) is 0 Å². The second-order valence-electron chi connectivity index (χ2n) is 4.26. The van der Waals surface area contributed by atoms with Crippen LogP contribution in [0.1, 0.15) is 36.6 Å². The van der Waals surface area contributed by atoms with Crippen molar-refractivity contribution in [2.75, 3.05) is 0 Å². The van der Waals surface area contributed by atoms with Gasteiger partial charge in [0.2, 0.25) is 0 Å². The highest BCUT2D eigenvalue weighted by Gasteiger charge is 2.41. The molecule has 3 heteroatoms. The molecule has 3 atom stereocenters. The molecular weight excluding hydrogens is 164 g/mol. The number of aromatic nitrogens is 1. The van der Waals surface area contributed by atoms with Crippen LogP contribution in [0.15, 0.2) is 10.6 Å². The lowest BCUT2D eigenvalue weighted by Crippen LogP contribution is -2.21. The zero-order valence-corrected chi connectivity index (χ0v) is 7.79. The van der Waals surface area contributed by atoms with Crippen molar-refractivity contribution in [2.24, 2.45) is 0 Å². The molecule has 70 valence electrons. The lowest BCUT2D eigenvalue weighted by Gasteiger charge is -2.16. The summed E-state index contributed by atoms with van der Waals surface area (Å²) < 4.78 is 5.31. The number of hydrogen-bond donors (Lipinski definition) is 1. The molecule has 0 aromatic carbocycles. The number of fused-ring (bicyclic) bond motifs is 2. The quantitative estimate of drug-likeness (QED) is 0.709. The van der Waals surface area contributed by atoms with Gasteiger partial charge >= 0.3 is 0 Å². The lowest BCUT2D eigenvalue weighted by molar-refractivity contribution is 0.334. The van der Waals surface area contributed by atoms with Gasteiger partial charge in [0.25, 0.3) is 0 Å². The fourth-order valence-corrected chi connectivity index (χ4v) is 2.70. The smallest absolute Gasteiger partial charge is 0.141 e. The van der Waals surface area contributed by atoms with Crippen LogP contribution in [0, 0.1) is 6.92 Å². The monoisotopic (exact) mass is 178 g/mol. The van der Waals surface area contributed by atoms with Crippen molar-refractivity contribution in [1.29, 1.82) is 0 Å². The van der Waals surface area contributed by atoms with Crippen LogP contribution in [0.5, 0.6) is 0 Å². The zero-order chi connectivity index (χ0) is 8.84. The van der Waals surface area contributed by atoms with Gasteiger partial charge in [0.1, 0.15) is 5.76 Å². The molecule has 0 saturated carbocycles. The van der Waals surface area contributed by atoms with E-state index in [4.69, 9.17) is 4.52 Å². The van der Waals surface area contributed by atoms with Gasteiger partial charge in [-0.05, 0) is 26.2 Å². The van der Waals surface area contributed by atoms with E-state index in [0.29, 0.717) is 12.0 Å². The van der Waals surface area contributed by atoms with Gasteiger partial charge < -0.3 is 9.84 Å². The maximum atomic E-state index is 5.31. The van der Waals surface area contributed by atoms with Crippen molar-refractivity contribution >= 4 is 0 Å². The number of nitrogens with zero attached hydrogens (tertiary/aromatic N) is 1. The first kappa shape index (κ1) is 7.56. The Kier molecular flexibility index (Phi) is 1.50. The Morgan fingerprint density at radius 2 is 2.46 bits per heavy atom. The molecule has 3 nitrogen and oxygen atoms in total. The zero-order valence-electron chi connectivity index (χ0n) is 7.79. The van der Waals surface area contributed by atoms with Gasteiger partial charge in [-0.3, -0.25) is 0 Å². The molecule has 0 amide bonds. The number of nitrogens with one attached hydrogen (secondary N) is 1. The van der Waals surface area contributed by atoms with Gasteiger partial charge in [-0.15, -0.1) is 0 Å². The molecular formula is C10H14N2O. The maximum Gasteiger partial charge on any atom is 0.141 e. The van der Waals surface area contributed by atoms with Gasteiger partial charge in [-0.1, -0.05) is 5.16 Å². The molecule has 2 unspecified atom stereocenters. The Hall–Kier alpha value is -0.830. The summed E-state index contributed by atoms with van der Waals surface area (Å²) in [5, 5.41) is 7.54. The summed E-state index contributed by atoms with van der Waals surface area (Å²) in [7, 11) is 0. The van der Waals surface area contributed by atoms with E-state index in [1.54, 1.807) is 0 Å². The molecule has 0 radical (unpaired) electrons. The third kappa shape index (κ3) is 1.10. The van der Waals surface area contributed by atoms with Crippen LogP contribution < -0.4 is 5.32 Å². The highest BCUT2D eigenvalue weighted by Crippen LogP contribution is 2.39. The van der Waals surface area contributed by atoms with Crippen molar-refractivity contribution in [3.8, 4) is 0 Å². The van der Waals surface area contributed by atoms with E-state index in [2.05, 4.69) is 16.5 Å². The molecule has 2 bridgehead atoms. The molecule has 2 saturated heterocycles. The van der Waals surface area contributed by atoms with Crippen LogP contribution in [0.2, 0.25) is 0 Å². The fourth-order valence-electron chi connectivity index (χ4n) is 2.70. The van der Waals surface area contributed by atoms with E-state index >= 15 is 0 Å². The summed E-state index contributed by atoms with van der Waals surface area (Å²) in [6.45, 7) is 1.98. The molecule has 2 aliphatic heterocycles. The molecule has 2 fully saturated rings. The molecule has 2 aliphatic rings. The molecule has 0 spiro atoms. The van der Waals surface area contributed by atoms with E-state index in [1.165, 1.54) is 19.3 Å². The summed E-state index contributed by atoms with van der Waals surface area (Å²) in [5.74, 6) is 1.66. The third-order valence-electron chi connectivity index (χ3n) is 3.31. The summed E-state index contributed by atoms with van der Waals surface area (Å²) in [4.78, 5) is 0. The summed E-state index contributed by atoms with van der Waals surface area (Å²) in [6.07, 6.45) is 3.88. The number of hydrogen-bond acceptors (Lipinski definition) is 3. The third-order valence-corrected chi connectivity index (χ3v) is 3.31. The highest BCUT2D eigenvalue weighted by molar-refractivity contribution is 5.16. The van der Waals surface area contributed by atoms with E-state index in [0.717, 1.165) is 17.5 Å². The summed E-state index contributed by atoms with van der Waals surface area (Å²) >= 11 is 0. The minimum atomic E-state index is 0.583. The summed E-state index contributed by atoms with van der Waals surface area (Å²) in [6, 6.07) is 3.46. The minimum Gasteiger partial charge on any atom is -0.361 e. The van der Waals surface area contributed by atoms with Gasteiger partial charge in [0.05, 0.1) is 5.69 Å². The SMILES string of the molecule is Cc1cc([C@H]2CC3CCC2N3)on1. The normalized spacial score (nSPS) is 37.2. The molecule has 3 rings (SSSR count). The van der Waals surface area contributed by atoms with E-state index in [-0.39, 0.29) is 0 Å². The molecule has 0 aliphatic carbocycles. The van der Waals surface area contributed by atoms with Crippen LogP contribution >= 0.6 is 0 Å². The Labute approximate surface area is 77.5 Å². The highest BCUT2D eigenvalue weighted by atomic mass is 16.5. The van der Waals surface area contributed by atoms with E-state index in [9.17, 15) is 0 Å². The average Bonchev–Trinajstić information content (AvgIpc) is 2.77. The van der Waals surface area contributed by atoms with Crippen LogP contribution in [0.4, 0.5) is 0 Å². The van der Waals surface area contributed by atoms with Crippen LogP contribution in [0.3, 0.4) is 0 Å². The second-order valence-corrected chi connectivity index (χ2v) is 4.26. The number of rotatable bonds is 1. The predicted molar refractivity (Wildman–Crippen MR) is 48.5 cm³/mol. The average molecular weight is 178 g/mol. The van der Waals surface area contributed by atoms with Crippen molar-refractivity contribution in [3.63, 3.8) is 0 Å². The van der Waals surface area contributed by atoms with Crippen molar-refractivity contribution in [1.82, 2.24) is 10.5 Å². The van der Waals surface area contributed by atoms with Gasteiger partial charge in [0.15, 0.2) is 0 Å². The Bertz CT molecular complexity index is 320.